The van der Waals surface area contributed by atoms with Crippen molar-refractivity contribution in [1.82, 2.24) is 0 Å². The fourth-order valence-electron chi connectivity index (χ4n) is 1.39. The molecule has 1 aromatic rings. The van der Waals surface area contributed by atoms with E-state index in [-0.39, 0.29) is 4.90 Å². The quantitative estimate of drug-likeness (QED) is 0.567. The standard InChI is InChI=1S/C11H16N2O4S/c1-8-3-5-9(6-4-8)18(15,16)7-11(12,13)10(14)17-2/h3-6H,7,12-13H2,1-2H3. The van der Waals surface area contributed by atoms with Gasteiger partial charge in [-0.3, -0.25) is 0 Å². The first-order valence-corrected chi connectivity index (χ1v) is 6.80. The first kappa shape index (κ1) is 14.6. The fourth-order valence-corrected chi connectivity index (χ4v) is 2.86. The summed E-state index contributed by atoms with van der Waals surface area (Å²) >= 11 is 0. The van der Waals surface area contributed by atoms with Crippen molar-refractivity contribution in [3.63, 3.8) is 0 Å². The highest BCUT2D eigenvalue weighted by Gasteiger charge is 2.36. The molecular formula is C11H16N2O4S. The highest BCUT2D eigenvalue weighted by Crippen LogP contribution is 2.14. The topological polar surface area (TPSA) is 112 Å². The van der Waals surface area contributed by atoms with Crippen LogP contribution in [0.2, 0.25) is 0 Å². The van der Waals surface area contributed by atoms with Crippen LogP contribution in [0.15, 0.2) is 29.2 Å². The molecule has 18 heavy (non-hydrogen) atoms. The predicted octanol–water partition coefficient (Wildman–Crippen LogP) is -0.445. The molecule has 0 saturated carbocycles. The summed E-state index contributed by atoms with van der Waals surface area (Å²) in [6, 6.07) is 6.19. The fraction of sp³-hybridized carbons (Fsp3) is 0.364. The second-order valence-electron chi connectivity index (χ2n) is 4.10. The average molecular weight is 272 g/mol. The Balaban J connectivity index is 3.02. The molecule has 0 bridgehead atoms. The van der Waals surface area contributed by atoms with Gasteiger partial charge in [-0.25, -0.2) is 13.2 Å². The van der Waals surface area contributed by atoms with Crippen LogP contribution in [0.5, 0.6) is 0 Å². The Morgan fingerprint density at radius 3 is 2.22 bits per heavy atom. The van der Waals surface area contributed by atoms with Gasteiger partial charge < -0.3 is 16.2 Å². The van der Waals surface area contributed by atoms with Crippen LogP contribution < -0.4 is 11.5 Å². The zero-order valence-corrected chi connectivity index (χ0v) is 11.0. The first-order valence-electron chi connectivity index (χ1n) is 5.14. The van der Waals surface area contributed by atoms with Gasteiger partial charge >= 0.3 is 5.97 Å². The molecule has 0 aliphatic rings. The van der Waals surface area contributed by atoms with Gasteiger partial charge in [0.1, 0.15) is 0 Å². The lowest BCUT2D eigenvalue weighted by Gasteiger charge is -2.20. The molecular weight excluding hydrogens is 256 g/mol. The Hall–Kier alpha value is -1.44. The lowest BCUT2D eigenvalue weighted by Crippen LogP contribution is -2.61. The number of aryl methyl sites for hydroxylation is 1. The van der Waals surface area contributed by atoms with Gasteiger partial charge in [0.05, 0.1) is 17.8 Å². The minimum absolute atomic E-state index is 0.0669. The van der Waals surface area contributed by atoms with E-state index in [0.717, 1.165) is 12.7 Å². The molecule has 0 fully saturated rings. The van der Waals surface area contributed by atoms with E-state index >= 15 is 0 Å². The number of methoxy groups -OCH3 is 1. The van der Waals surface area contributed by atoms with Gasteiger partial charge in [0, 0.05) is 0 Å². The molecule has 0 aliphatic heterocycles. The molecule has 100 valence electrons. The van der Waals surface area contributed by atoms with E-state index in [4.69, 9.17) is 11.5 Å². The molecule has 0 aromatic heterocycles. The number of sulfone groups is 1. The Kier molecular flexibility index (Phi) is 4.10. The Bertz CT molecular complexity index is 535. The van der Waals surface area contributed by atoms with Gasteiger partial charge in [-0.05, 0) is 19.1 Å². The number of hydrogen-bond donors (Lipinski definition) is 2. The van der Waals surface area contributed by atoms with Crippen molar-refractivity contribution in [2.24, 2.45) is 11.5 Å². The van der Waals surface area contributed by atoms with Gasteiger partial charge in [0.2, 0.25) is 0 Å². The molecule has 0 heterocycles. The summed E-state index contributed by atoms with van der Waals surface area (Å²) in [5.41, 5.74) is 9.76. The minimum Gasteiger partial charge on any atom is -0.467 e. The van der Waals surface area contributed by atoms with E-state index in [1.165, 1.54) is 12.1 Å². The smallest absolute Gasteiger partial charge is 0.341 e. The van der Waals surface area contributed by atoms with Gasteiger partial charge in [0.15, 0.2) is 15.5 Å². The molecule has 0 unspecified atom stereocenters. The van der Waals surface area contributed by atoms with Crippen LogP contribution in [-0.4, -0.2) is 32.9 Å². The van der Waals surface area contributed by atoms with Crippen molar-refractivity contribution >= 4 is 15.8 Å². The molecule has 1 rings (SSSR count). The third-order valence-electron chi connectivity index (χ3n) is 2.37. The van der Waals surface area contributed by atoms with Crippen LogP contribution in [0.4, 0.5) is 0 Å². The molecule has 0 radical (unpaired) electrons. The van der Waals surface area contributed by atoms with E-state index in [0.29, 0.717) is 0 Å². The number of ether oxygens (including phenoxy) is 1. The Morgan fingerprint density at radius 1 is 1.28 bits per heavy atom. The molecule has 6 nitrogen and oxygen atoms in total. The largest absolute Gasteiger partial charge is 0.467 e. The summed E-state index contributed by atoms with van der Waals surface area (Å²) in [6.45, 7) is 1.83. The van der Waals surface area contributed by atoms with Crippen molar-refractivity contribution in [3.8, 4) is 0 Å². The summed E-state index contributed by atoms with van der Waals surface area (Å²) in [6.07, 6.45) is 0. The molecule has 1 aromatic carbocycles. The molecule has 0 aliphatic carbocycles. The van der Waals surface area contributed by atoms with Crippen molar-refractivity contribution < 1.29 is 17.9 Å². The lowest BCUT2D eigenvalue weighted by atomic mass is 10.2. The van der Waals surface area contributed by atoms with Gasteiger partial charge in [-0.1, -0.05) is 17.7 Å². The summed E-state index contributed by atoms with van der Waals surface area (Å²) in [4.78, 5) is 11.3. The highest BCUT2D eigenvalue weighted by atomic mass is 32.2. The molecule has 0 atom stereocenters. The van der Waals surface area contributed by atoms with Crippen LogP contribution in [0.3, 0.4) is 0 Å². The van der Waals surface area contributed by atoms with Crippen molar-refractivity contribution in [2.75, 3.05) is 12.9 Å². The highest BCUT2D eigenvalue weighted by molar-refractivity contribution is 7.91. The third-order valence-corrected chi connectivity index (χ3v) is 4.22. The predicted molar refractivity (Wildman–Crippen MR) is 66.4 cm³/mol. The van der Waals surface area contributed by atoms with Gasteiger partial charge in [0.25, 0.3) is 0 Å². The number of esters is 1. The number of benzene rings is 1. The summed E-state index contributed by atoms with van der Waals surface area (Å²) < 4.78 is 28.4. The summed E-state index contributed by atoms with van der Waals surface area (Å²) in [5, 5.41) is 0. The molecule has 0 saturated heterocycles. The molecule has 4 N–H and O–H groups in total. The maximum atomic E-state index is 12.0. The maximum Gasteiger partial charge on any atom is 0.341 e. The normalized spacial score (nSPS) is 12.2. The second kappa shape index (κ2) is 5.05. The van der Waals surface area contributed by atoms with Crippen LogP contribution in [0.25, 0.3) is 0 Å². The number of nitrogens with two attached hydrogens (primary N) is 2. The number of rotatable bonds is 4. The van der Waals surface area contributed by atoms with E-state index < -0.39 is 27.2 Å². The second-order valence-corrected chi connectivity index (χ2v) is 6.09. The van der Waals surface area contributed by atoms with Gasteiger partial charge in [-0.15, -0.1) is 0 Å². The van der Waals surface area contributed by atoms with Crippen LogP contribution in [0, 0.1) is 6.92 Å². The lowest BCUT2D eigenvalue weighted by molar-refractivity contribution is -0.146. The van der Waals surface area contributed by atoms with E-state index in [9.17, 15) is 13.2 Å². The average Bonchev–Trinajstić information content (AvgIpc) is 2.27. The molecule has 0 spiro atoms. The van der Waals surface area contributed by atoms with E-state index in [1.54, 1.807) is 12.1 Å². The first-order chi connectivity index (χ1) is 8.19. The zero-order chi connectivity index (χ0) is 14.0. The number of carbonyl (C=O) groups is 1. The Morgan fingerprint density at radius 2 is 1.78 bits per heavy atom. The number of carbonyl (C=O) groups excluding carboxylic acids is 1. The third kappa shape index (κ3) is 3.28. The van der Waals surface area contributed by atoms with Crippen LogP contribution in [-0.2, 0) is 19.4 Å². The molecule has 0 amide bonds. The maximum absolute atomic E-state index is 12.0. The van der Waals surface area contributed by atoms with Gasteiger partial charge in [-0.2, -0.15) is 0 Å². The molecule has 7 heteroatoms. The van der Waals surface area contributed by atoms with Crippen molar-refractivity contribution in [2.45, 2.75) is 17.5 Å². The van der Waals surface area contributed by atoms with Crippen LogP contribution >= 0.6 is 0 Å². The summed E-state index contributed by atoms with van der Waals surface area (Å²) in [5.74, 6) is -1.69. The monoisotopic (exact) mass is 272 g/mol. The minimum atomic E-state index is -3.74. The van der Waals surface area contributed by atoms with E-state index in [1.807, 2.05) is 6.92 Å². The van der Waals surface area contributed by atoms with Crippen LogP contribution in [0.1, 0.15) is 5.56 Å². The zero-order valence-electron chi connectivity index (χ0n) is 10.2. The number of hydrogen-bond acceptors (Lipinski definition) is 6. The summed E-state index contributed by atoms with van der Waals surface area (Å²) in [7, 11) is -2.65. The SMILES string of the molecule is COC(=O)C(N)(N)CS(=O)(=O)c1ccc(C)cc1. The Labute approximate surface area is 106 Å². The van der Waals surface area contributed by atoms with E-state index in [2.05, 4.69) is 4.74 Å². The van der Waals surface area contributed by atoms with Crippen molar-refractivity contribution in [1.29, 1.82) is 0 Å². The van der Waals surface area contributed by atoms with Crippen molar-refractivity contribution in [3.05, 3.63) is 29.8 Å².